The summed E-state index contributed by atoms with van der Waals surface area (Å²) in [5, 5.41) is 0. The Balaban J connectivity index is 2.60. The standard InChI is InChI=1S/C26H33N/c1-9-20(7)25-17-24(15-14-21(25)8)27(19(5)6)26(10-2)23-13-11-12-22(16-23)18(3)4/h9-18H,5H2,1-4,6-8H3/b20-9-,26-10-. The first-order valence-corrected chi connectivity index (χ1v) is 9.76. The van der Waals surface area contributed by atoms with Crippen LogP contribution in [0, 0.1) is 6.92 Å². The van der Waals surface area contributed by atoms with E-state index in [9.17, 15) is 0 Å². The van der Waals surface area contributed by atoms with Gasteiger partial charge in [-0.25, -0.2) is 0 Å². The molecule has 0 spiro atoms. The molecular formula is C26H33N. The van der Waals surface area contributed by atoms with E-state index in [-0.39, 0.29) is 0 Å². The molecule has 0 atom stereocenters. The molecule has 142 valence electrons. The number of aryl methyl sites for hydroxylation is 1. The highest BCUT2D eigenvalue weighted by Gasteiger charge is 2.16. The molecule has 2 aromatic rings. The Morgan fingerprint density at radius 2 is 1.70 bits per heavy atom. The van der Waals surface area contributed by atoms with Crippen molar-refractivity contribution in [2.75, 3.05) is 4.90 Å². The lowest BCUT2D eigenvalue weighted by Crippen LogP contribution is -2.19. The summed E-state index contributed by atoms with van der Waals surface area (Å²) in [5.74, 6) is 0.504. The third-order valence-corrected chi connectivity index (χ3v) is 5.08. The highest BCUT2D eigenvalue weighted by molar-refractivity contribution is 5.84. The van der Waals surface area contributed by atoms with Crippen molar-refractivity contribution in [2.24, 2.45) is 0 Å². The van der Waals surface area contributed by atoms with E-state index in [0.717, 1.165) is 17.1 Å². The molecule has 2 aromatic carbocycles. The molecule has 0 aliphatic rings. The fourth-order valence-corrected chi connectivity index (χ4v) is 3.38. The second kappa shape index (κ2) is 8.90. The minimum Gasteiger partial charge on any atom is -0.315 e. The van der Waals surface area contributed by atoms with Gasteiger partial charge in [0, 0.05) is 17.1 Å². The van der Waals surface area contributed by atoms with E-state index < -0.39 is 0 Å². The predicted molar refractivity (Wildman–Crippen MR) is 122 cm³/mol. The first kappa shape index (κ1) is 20.8. The van der Waals surface area contributed by atoms with Gasteiger partial charge in [0.2, 0.25) is 0 Å². The first-order valence-electron chi connectivity index (χ1n) is 9.76. The molecule has 1 heteroatoms. The number of allylic oxidation sites excluding steroid dienone is 4. The number of benzene rings is 2. The van der Waals surface area contributed by atoms with E-state index in [2.05, 4.69) is 115 Å². The van der Waals surface area contributed by atoms with Gasteiger partial charge in [-0.2, -0.15) is 0 Å². The van der Waals surface area contributed by atoms with E-state index in [1.165, 1.54) is 27.8 Å². The first-order chi connectivity index (χ1) is 12.8. The lowest BCUT2D eigenvalue weighted by molar-refractivity contribution is 0.866. The van der Waals surface area contributed by atoms with Crippen molar-refractivity contribution in [3.05, 3.63) is 89.1 Å². The normalized spacial score (nSPS) is 12.4. The SMILES string of the molecule is C=C(C)N(/C(=C\C)c1cccc(C(C)C)c1)c1ccc(C)c(/C(C)=C\C)c1. The Bertz CT molecular complexity index is 881. The third kappa shape index (κ3) is 4.60. The topological polar surface area (TPSA) is 3.24 Å². The number of hydrogen-bond donors (Lipinski definition) is 0. The van der Waals surface area contributed by atoms with E-state index in [0.29, 0.717) is 5.92 Å². The second-order valence-corrected chi connectivity index (χ2v) is 7.50. The smallest absolute Gasteiger partial charge is 0.0487 e. The van der Waals surface area contributed by atoms with Crippen molar-refractivity contribution in [3.63, 3.8) is 0 Å². The zero-order valence-corrected chi connectivity index (χ0v) is 17.9. The highest BCUT2D eigenvalue weighted by atomic mass is 15.1. The molecule has 0 saturated heterocycles. The zero-order chi connectivity index (χ0) is 20.1. The zero-order valence-electron chi connectivity index (χ0n) is 17.9. The Morgan fingerprint density at radius 1 is 1.00 bits per heavy atom. The van der Waals surface area contributed by atoms with Crippen molar-refractivity contribution < 1.29 is 0 Å². The Morgan fingerprint density at radius 3 is 2.26 bits per heavy atom. The average Bonchev–Trinajstić information content (AvgIpc) is 2.65. The second-order valence-electron chi connectivity index (χ2n) is 7.50. The average molecular weight is 360 g/mol. The highest BCUT2D eigenvalue weighted by Crippen LogP contribution is 2.33. The van der Waals surface area contributed by atoms with Crippen LogP contribution in [0.1, 0.15) is 69.7 Å². The molecule has 0 saturated carbocycles. The maximum absolute atomic E-state index is 4.27. The summed E-state index contributed by atoms with van der Waals surface area (Å²) in [4.78, 5) is 2.26. The summed E-state index contributed by atoms with van der Waals surface area (Å²) < 4.78 is 0. The van der Waals surface area contributed by atoms with Crippen LogP contribution in [-0.4, -0.2) is 0 Å². The summed E-state index contributed by atoms with van der Waals surface area (Å²) in [6.45, 7) is 19.3. The number of rotatable bonds is 6. The monoisotopic (exact) mass is 359 g/mol. The molecule has 0 aromatic heterocycles. The molecule has 0 aliphatic carbocycles. The van der Waals surface area contributed by atoms with Crippen LogP contribution in [0.15, 0.2) is 66.9 Å². The third-order valence-electron chi connectivity index (χ3n) is 5.08. The minimum atomic E-state index is 0.504. The molecular weight excluding hydrogens is 326 g/mol. The molecule has 2 rings (SSSR count). The molecule has 0 bridgehead atoms. The van der Waals surface area contributed by atoms with Crippen molar-refractivity contribution in [1.82, 2.24) is 0 Å². The largest absolute Gasteiger partial charge is 0.315 e. The van der Waals surface area contributed by atoms with Crippen LogP contribution in [0.5, 0.6) is 0 Å². The van der Waals surface area contributed by atoms with E-state index in [4.69, 9.17) is 0 Å². The van der Waals surface area contributed by atoms with Gasteiger partial charge in [0.15, 0.2) is 0 Å². The van der Waals surface area contributed by atoms with Gasteiger partial charge in [0.25, 0.3) is 0 Å². The van der Waals surface area contributed by atoms with Crippen LogP contribution in [0.2, 0.25) is 0 Å². The van der Waals surface area contributed by atoms with Crippen LogP contribution in [0.25, 0.3) is 11.3 Å². The Labute approximate surface area is 165 Å². The van der Waals surface area contributed by atoms with Crippen molar-refractivity contribution >= 4 is 17.0 Å². The van der Waals surface area contributed by atoms with Gasteiger partial charge < -0.3 is 4.90 Å². The Kier molecular flexibility index (Phi) is 6.85. The molecule has 0 amide bonds. The fourth-order valence-electron chi connectivity index (χ4n) is 3.38. The van der Waals surface area contributed by atoms with E-state index in [1.54, 1.807) is 0 Å². The lowest BCUT2D eigenvalue weighted by Gasteiger charge is -2.29. The molecule has 27 heavy (non-hydrogen) atoms. The van der Waals surface area contributed by atoms with Crippen LogP contribution in [0.3, 0.4) is 0 Å². The maximum Gasteiger partial charge on any atom is 0.0487 e. The van der Waals surface area contributed by atoms with Gasteiger partial charge in [0.05, 0.1) is 0 Å². The summed E-state index contributed by atoms with van der Waals surface area (Å²) in [6.07, 6.45) is 4.34. The minimum absolute atomic E-state index is 0.504. The van der Waals surface area contributed by atoms with Crippen LogP contribution in [0.4, 0.5) is 5.69 Å². The summed E-state index contributed by atoms with van der Waals surface area (Å²) in [5.41, 5.74) is 9.75. The van der Waals surface area contributed by atoms with Crippen LogP contribution in [-0.2, 0) is 0 Å². The molecule has 0 heterocycles. The van der Waals surface area contributed by atoms with Gasteiger partial charge >= 0.3 is 0 Å². The molecule has 0 radical (unpaired) electrons. The van der Waals surface area contributed by atoms with E-state index >= 15 is 0 Å². The van der Waals surface area contributed by atoms with Crippen molar-refractivity contribution in [2.45, 2.75) is 54.4 Å². The maximum atomic E-state index is 4.27. The van der Waals surface area contributed by atoms with Crippen molar-refractivity contribution in [1.29, 1.82) is 0 Å². The van der Waals surface area contributed by atoms with Crippen molar-refractivity contribution in [3.8, 4) is 0 Å². The van der Waals surface area contributed by atoms with E-state index in [1.807, 2.05) is 0 Å². The molecule has 1 nitrogen and oxygen atoms in total. The summed E-state index contributed by atoms with van der Waals surface area (Å²) in [7, 11) is 0. The number of hydrogen-bond acceptors (Lipinski definition) is 1. The number of anilines is 1. The van der Waals surface area contributed by atoms with Crippen LogP contribution >= 0.6 is 0 Å². The van der Waals surface area contributed by atoms with Gasteiger partial charge in [0.1, 0.15) is 0 Å². The van der Waals surface area contributed by atoms with Gasteiger partial charge in [-0.15, -0.1) is 0 Å². The van der Waals surface area contributed by atoms with Gasteiger partial charge in [-0.1, -0.05) is 56.8 Å². The molecule has 0 unspecified atom stereocenters. The summed E-state index contributed by atoms with van der Waals surface area (Å²) in [6, 6.07) is 15.5. The van der Waals surface area contributed by atoms with Crippen LogP contribution < -0.4 is 4.90 Å². The predicted octanol–water partition coefficient (Wildman–Crippen LogP) is 7.94. The fraction of sp³-hybridized carbons (Fsp3) is 0.308. The van der Waals surface area contributed by atoms with Gasteiger partial charge in [-0.3, -0.25) is 0 Å². The molecule has 0 aliphatic heterocycles. The molecule has 0 N–H and O–H groups in total. The Hall–Kier alpha value is -2.54. The van der Waals surface area contributed by atoms with Gasteiger partial charge in [-0.05, 0) is 86.6 Å². The number of nitrogens with zero attached hydrogens (tertiary/aromatic N) is 1. The lowest BCUT2D eigenvalue weighted by atomic mass is 9.97. The quantitative estimate of drug-likeness (QED) is 0.506. The summed E-state index contributed by atoms with van der Waals surface area (Å²) >= 11 is 0. The molecule has 0 fully saturated rings.